The first kappa shape index (κ1) is 20.9. The molecule has 3 heterocycles. The fourth-order valence-corrected chi connectivity index (χ4v) is 3.43. The molecule has 1 unspecified atom stereocenters. The van der Waals surface area contributed by atoms with Crippen LogP contribution in [0.3, 0.4) is 0 Å². The molecule has 0 spiro atoms. The molecule has 10 heteroatoms. The second kappa shape index (κ2) is 7.51. The van der Waals surface area contributed by atoms with E-state index in [0.29, 0.717) is 32.0 Å². The van der Waals surface area contributed by atoms with Crippen LogP contribution in [-0.4, -0.2) is 78.0 Å². The zero-order valence-corrected chi connectivity index (χ0v) is 16.9. The van der Waals surface area contributed by atoms with Crippen molar-refractivity contribution in [1.29, 1.82) is 0 Å². The Labute approximate surface area is 167 Å². The summed E-state index contributed by atoms with van der Waals surface area (Å²) >= 11 is 6.11. The summed E-state index contributed by atoms with van der Waals surface area (Å²) in [6.07, 6.45) is -2.08. The maximum Gasteiger partial charge on any atom is 0.410 e. The molecule has 7 nitrogen and oxygen atoms in total. The average molecular weight is 419 g/mol. The quantitative estimate of drug-likeness (QED) is 0.744. The van der Waals surface area contributed by atoms with Crippen molar-refractivity contribution in [2.75, 3.05) is 49.1 Å². The summed E-state index contributed by atoms with van der Waals surface area (Å²) in [6, 6.07) is 3.35. The van der Waals surface area contributed by atoms with Gasteiger partial charge in [-0.25, -0.2) is 18.6 Å². The minimum atomic E-state index is -3.18. The smallest absolute Gasteiger partial charge is 0.410 e. The number of β-amino-alcohol motifs (C(OH)–C–C–N with tert-alkyl or cyclic N) is 1. The normalized spacial score (nSPS) is 22.5. The number of hydrogen-bond acceptors (Lipinski definition) is 6. The summed E-state index contributed by atoms with van der Waals surface area (Å²) in [5, 5.41) is 9.71. The van der Waals surface area contributed by atoms with Gasteiger partial charge in [0.1, 0.15) is 22.7 Å². The topological polar surface area (TPSA) is 69.1 Å². The highest BCUT2D eigenvalue weighted by molar-refractivity contribution is 6.29. The monoisotopic (exact) mass is 418 g/mol. The van der Waals surface area contributed by atoms with Crippen molar-refractivity contribution in [3.63, 3.8) is 0 Å². The number of alkyl halides is 2. The number of carbonyl (C=O) groups is 1. The van der Waals surface area contributed by atoms with E-state index in [2.05, 4.69) is 4.98 Å². The van der Waals surface area contributed by atoms with Crippen molar-refractivity contribution >= 4 is 29.2 Å². The molecule has 0 bridgehead atoms. The summed E-state index contributed by atoms with van der Waals surface area (Å²) < 4.78 is 32.7. The van der Waals surface area contributed by atoms with E-state index in [1.165, 1.54) is 4.90 Å². The van der Waals surface area contributed by atoms with Gasteiger partial charge in [0.2, 0.25) is 0 Å². The van der Waals surface area contributed by atoms with E-state index < -0.39 is 24.2 Å². The van der Waals surface area contributed by atoms with Gasteiger partial charge < -0.3 is 24.5 Å². The van der Waals surface area contributed by atoms with E-state index in [4.69, 9.17) is 16.3 Å². The highest BCUT2D eigenvalue weighted by Crippen LogP contribution is 2.33. The molecule has 2 fully saturated rings. The first-order chi connectivity index (χ1) is 12.9. The van der Waals surface area contributed by atoms with Gasteiger partial charge in [-0.1, -0.05) is 11.6 Å². The van der Waals surface area contributed by atoms with Gasteiger partial charge in [-0.3, -0.25) is 0 Å². The molecule has 28 heavy (non-hydrogen) atoms. The Balaban J connectivity index is 1.67. The number of piperazine rings is 1. The number of aromatic nitrogens is 1. The lowest BCUT2D eigenvalue weighted by Crippen LogP contribution is -2.50. The molecule has 2 aliphatic heterocycles. The van der Waals surface area contributed by atoms with Crippen molar-refractivity contribution < 1.29 is 23.4 Å². The Morgan fingerprint density at radius 2 is 1.89 bits per heavy atom. The second-order valence-corrected chi connectivity index (χ2v) is 8.51. The summed E-state index contributed by atoms with van der Waals surface area (Å²) in [7, 11) is 0. The maximum absolute atomic E-state index is 13.7. The maximum atomic E-state index is 13.7. The lowest BCUT2D eigenvalue weighted by Gasteiger charge is -2.37. The molecule has 1 aromatic rings. The number of aliphatic hydroxyl groups excluding tert-OH is 1. The Morgan fingerprint density at radius 3 is 2.43 bits per heavy atom. The van der Waals surface area contributed by atoms with Crippen LogP contribution in [0.15, 0.2) is 12.1 Å². The molecule has 1 atom stereocenters. The highest BCUT2D eigenvalue weighted by atomic mass is 35.5. The molecule has 2 saturated heterocycles. The van der Waals surface area contributed by atoms with Crippen LogP contribution in [0.5, 0.6) is 0 Å². The molecular weight excluding hydrogens is 394 g/mol. The molecule has 2 aliphatic rings. The number of carbonyl (C=O) groups excluding carboxylic acids is 1. The van der Waals surface area contributed by atoms with Crippen LogP contribution in [0.1, 0.15) is 20.8 Å². The second-order valence-electron chi connectivity index (χ2n) is 8.12. The molecule has 0 aromatic carbocycles. The van der Waals surface area contributed by atoms with Crippen molar-refractivity contribution in [2.45, 2.75) is 38.4 Å². The number of anilines is 2. The third-order valence-electron chi connectivity index (χ3n) is 4.67. The standard InChI is InChI=1S/C18H25ClF2N4O3/c1-17(2,3)28-16(27)24-6-4-23(5-7-24)12-8-14(19)22-15(9-12)25-10-13(26)18(20,21)11-25/h8-9,13,26H,4-7,10-11H2,1-3H3. The van der Waals surface area contributed by atoms with Crippen LogP contribution in [0.25, 0.3) is 0 Å². The number of aliphatic hydroxyl groups is 1. The lowest BCUT2D eigenvalue weighted by molar-refractivity contribution is -0.0712. The van der Waals surface area contributed by atoms with Gasteiger partial charge in [0.25, 0.3) is 5.92 Å². The van der Waals surface area contributed by atoms with Crippen LogP contribution >= 0.6 is 11.6 Å². The molecule has 0 radical (unpaired) electrons. The van der Waals surface area contributed by atoms with Gasteiger partial charge in [-0.05, 0) is 26.8 Å². The van der Waals surface area contributed by atoms with Crippen LogP contribution in [-0.2, 0) is 4.74 Å². The molecule has 156 valence electrons. The third-order valence-corrected chi connectivity index (χ3v) is 4.86. The van der Waals surface area contributed by atoms with Crippen LogP contribution in [0.4, 0.5) is 25.1 Å². The van der Waals surface area contributed by atoms with Crippen LogP contribution < -0.4 is 9.80 Å². The molecule has 1 amide bonds. The van der Waals surface area contributed by atoms with E-state index >= 15 is 0 Å². The third kappa shape index (κ3) is 4.75. The van der Waals surface area contributed by atoms with Crippen molar-refractivity contribution in [1.82, 2.24) is 9.88 Å². The SMILES string of the molecule is CC(C)(C)OC(=O)N1CCN(c2cc(Cl)nc(N3CC(O)C(F)(F)C3)c2)CC1. The zero-order chi connectivity index (χ0) is 20.7. The summed E-state index contributed by atoms with van der Waals surface area (Å²) in [6.45, 7) is 6.71. The van der Waals surface area contributed by atoms with Gasteiger partial charge >= 0.3 is 6.09 Å². The first-order valence-corrected chi connectivity index (χ1v) is 9.54. The molecule has 1 aromatic heterocycles. The van der Waals surface area contributed by atoms with Gasteiger partial charge in [-0.2, -0.15) is 0 Å². The zero-order valence-electron chi connectivity index (χ0n) is 16.2. The van der Waals surface area contributed by atoms with E-state index in [1.54, 1.807) is 17.0 Å². The van der Waals surface area contributed by atoms with Gasteiger partial charge in [0, 0.05) is 37.9 Å². The molecule has 1 N–H and O–H groups in total. The number of nitrogens with zero attached hydrogens (tertiary/aromatic N) is 4. The minimum Gasteiger partial charge on any atom is -0.444 e. The van der Waals surface area contributed by atoms with Gasteiger partial charge in [0.05, 0.1) is 13.1 Å². The predicted octanol–water partition coefficient (Wildman–Crippen LogP) is 2.61. The lowest BCUT2D eigenvalue weighted by atomic mass is 10.2. The van der Waals surface area contributed by atoms with Crippen LogP contribution in [0, 0.1) is 0 Å². The molecular formula is C18H25ClF2N4O3. The summed E-state index contributed by atoms with van der Waals surface area (Å²) in [5.74, 6) is -2.88. The fourth-order valence-electron chi connectivity index (χ4n) is 3.23. The van der Waals surface area contributed by atoms with E-state index in [-0.39, 0.29) is 17.8 Å². The average Bonchev–Trinajstić information content (AvgIpc) is 2.86. The number of pyridine rings is 1. The van der Waals surface area contributed by atoms with Crippen molar-refractivity contribution in [3.8, 4) is 0 Å². The number of amides is 1. The first-order valence-electron chi connectivity index (χ1n) is 9.16. The number of ether oxygens (including phenoxy) is 1. The summed E-state index contributed by atoms with van der Waals surface area (Å²) in [5.41, 5.74) is 0.188. The Hall–Kier alpha value is -1.87. The van der Waals surface area contributed by atoms with Crippen LogP contribution in [0.2, 0.25) is 5.15 Å². The van der Waals surface area contributed by atoms with E-state index in [0.717, 1.165) is 5.69 Å². The fraction of sp³-hybridized carbons (Fsp3) is 0.667. The molecule has 0 aliphatic carbocycles. The highest BCUT2D eigenvalue weighted by Gasteiger charge is 2.47. The Morgan fingerprint density at radius 1 is 1.25 bits per heavy atom. The minimum absolute atomic E-state index is 0.187. The Bertz CT molecular complexity index is 736. The molecule has 0 saturated carbocycles. The molecule has 3 rings (SSSR count). The number of rotatable bonds is 2. The van der Waals surface area contributed by atoms with Gasteiger partial charge in [0.15, 0.2) is 0 Å². The van der Waals surface area contributed by atoms with E-state index in [9.17, 15) is 18.7 Å². The predicted molar refractivity (Wildman–Crippen MR) is 102 cm³/mol. The number of halogens is 3. The van der Waals surface area contributed by atoms with Crippen molar-refractivity contribution in [2.24, 2.45) is 0 Å². The number of hydrogen-bond donors (Lipinski definition) is 1. The largest absolute Gasteiger partial charge is 0.444 e. The van der Waals surface area contributed by atoms with Gasteiger partial charge in [-0.15, -0.1) is 0 Å². The van der Waals surface area contributed by atoms with Crippen molar-refractivity contribution in [3.05, 3.63) is 17.3 Å². The Kier molecular flexibility index (Phi) is 5.60. The van der Waals surface area contributed by atoms with E-state index in [1.807, 2.05) is 25.7 Å². The summed E-state index contributed by atoms with van der Waals surface area (Å²) in [4.78, 5) is 21.3.